The maximum Gasteiger partial charge on any atom is 0.229 e. The largest absolute Gasteiger partial charge is 0.367 e. The number of hydrogen-bond acceptors (Lipinski definition) is 4. The highest BCUT2D eigenvalue weighted by molar-refractivity contribution is 5.56. The molecule has 4 nitrogen and oxygen atoms in total. The first kappa shape index (κ1) is 14.8. The molecule has 116 valence electrons. The molecule has 1 aliphatic carbocycles. The quantitative estimate of drug-likeness (QED) is 0.878. The Morgan fingerprint density at radius 2 is 1.86 bits per heavy atom. The Balaban J connectivity index is 1.76. The summed E-state index contributed by atoms with van der Waals surface area (Å²) in [6, 6.07) is 8.94. The summed E-state index contributed by atoms with van der Waals surface area (Å²) >= 11 is 0. The second-order valence-electron chi connectivity index (χ2n) is 5.80. The zero-order valence-electron chi connectivity index (χ0n) is 12.8. The topological polar surface area (TPSA) is 49.8 Å². The van der Waals surface area contributed by atoms with Crippen LogP contribution in [0.5, 0.6) is 0 Å². The van der Waals surface area contributed by atoms with Gasteiger partial charge in [-0.25, -0.2) is 9.37 Å². The van der Waals surface area contributed by atoms with Crippen molar-refractivity contribution >= 4 is 17.5 Å². The number of rotatable bonds is 4. The van der Waals surface area contributed by atoms with Crippen molar-refractivity contribution in [3.63, 3.8) is 0 Å². The van der Waals surface area contributed by atoms with Crippen LogP contribution < -0.4 is 10.6 Å². The number of hydrogen-bond donors (Lipinski definition) is 2. The fourth-order valence-electron chi connectivity index (χ4n) is 2.84. The lowest BCUT2D eigenvalue weighted by Crippen LogP contribution is -2.23. The Labute approximate surface area is 130 Å². The van der Waals surface area contributed by atoms with Gasteiger partial charge in [-0.15, -0.1) is 0 Å². The van der Waals surface area contributed by atoms with Crippen LogP contribution in [0, 0.1) is 12.7 Å². The number of benzene rings is 1. The number of nitrogens with one attached hydrogen (secondary N) is 2. The molecule has 1 saturated carbocycles. The van der Waals surface area contributed by atoms with E-state index >= 15 is 0 Å². The lowest BCUT2D eigenvalue weighted by atomic mass is 9.95. The minimum atomic E-state index is -0.311. The van der Waals surface area contributed by atoms with Crippen LogP contribution in [0.15, 0.2) is 30.3 Å². The lowest BCUT2D eigenvalue weighted by Gasteiger charge is -2.23. The summed E-state index contributed by atoms with van der Waals surface area (Å²) in [6.07, 6.45) is 6.21. The van der Waals surface area contributed by atoms with Gasteiger partial charge in [0.05, 0.1) is 5.69 Å². The second kappa shape index (κ2) is 6.73. The number of nitrogens with zero attached hydrogens (tertiary/aromatic N) is 2. The molecule has 0 spiro atoms. The molecule has 2 N–H and O–H groups in total. The Kier molecular flexibility index (Phi) is 4.51. The molecule has 0 unspecified atom stereocenters. The Morgan fingerprint density at radius 3 is 2.64 bits per heavy atom. The molecule has 1 aromatic carbocycles. The molecule has 1 fully saturated rings. The standard InChI is InChI=1S/C17H21FN4/c1-12-11-16(20-13-7-3-2-4-8-13)22-17(19-12)21-15-10-6-5-9-14(15)18/h5-6,9-11,13H,2-4,7-8H2,1H3,(H2,19,20,21,22). The molecule has 0 radical (unpaired) electrons. The molecule has 0 amide bonds. The van der Waals surface area contributed by atoms with Gasteiger partial charge in [0.1, 0.15) is 11.6 Å². The van der Waals surface area contributed by atoms with E-state index in [2.05, 4.69) is 20.6 Å². The first-order valence-electron chi connectivity index (χ1n) is 7.84. The average Bonchev–Trinajstić information content (AvgIpc) is 2.50. The van der Waals surface area contributed by atoms with Gasteiger partial charge in [-0.2, -0.15) is 4.98 Å². The Hall–Kier alpha value is -2.17. The summed E-state index contributed by atoms with van der Waals surface area (Å²) in [4.78, 5) is 8.80. The van der Waals surface area contributed by atoms with Crippen LogP contribution in [0.3, 0.4) is 0 Å². The normalized spacial score (nSPS) is 15.5. The molecule has 1 heterocycles. The van der Waals surface area contributed by atoms with Gasteiger partial charge in [-0.3, -0.25) is 0 Å². The van der Waals surface area contributed by atoms with E-state index in [0.717, 1.165) is 11.5 Å². The molecule has 0 saturated heterocycles. The number of para-hydroxylation sites is 1. The van der Waals surface area contributed by atoms with Crippen molar-refractivity contribution in [3.05, 3.63) is 41.8 Å². The monoisotopic (exact) mass is 300 g/mol. The van der Waals surface area contributed by atoms with Crippen molar-refractivity contribution in [3.8, 4) is 0 Å². The van der Waals surface area contributed by atoms with E-state index in [-0.39, 0.29) is 5.82 Å². The molecular formula is C17H21FN4. The van der Waals surface area contributed by atoms with Gasteiger partial charge in [0.2, 0.25) is 5.95 Å². The van der Waals surface area contributed by atoms with Crippen LogP contribution >= 0.6 is 0 Å². The first-order chi connectivity index (χ1) is 10.7. The molecule has 22 heavy (non-hydrogen) atoms. The van der Waals surface area contributed by atoms with Gasteiger partial charge in [-0.05, 0) is 31.9 Å². The summed E-state index contributed by atoms with van der Waals surface area (Å²) in [6.45, 7) is 1.92. The number of halogens is 1. The average molecular weight is 300 g/mol. The molecule has 3 rings (SSSR count). The lowest BCUT2D eigenvalue weighted by molar-refractivity contribution is 0.462. The molecule has 2 aromatic rings. The van der Waals surface area contributed by atoms with Crippen molar-refractivity contribution in [2.45, 2.75) is 45.1 Å². The van der Waals surface area contributed by atoms with Crippen molar-refractivity contribution in [2.75, 3.05) is 10.6 Å². The van der Waals surface area contributed by atoms with Crippen molar-refractivity contribution < 1.29 is 4.39 Å². The van der Waals surface area contributed by atoms with Gasteiger partial charge in [0.15, 0.2) is 0 Å². The predicted octanol–water partition coefficient (Wildman–Crippen LogP) is 4.41. The highest BCUT2D eigenvalue weighted by Gasteiger charge is 2.14. The van der Waals surface area contributed by atoms with E-state index < -0.39 is 0 Å². The molecule has 0 atom stereocenters. The molecule has 1 aromatic heterocycles. The third-order valence-corrected chi connectivity index (χ3v) is 3.93. The second-order valence-corrected chi connectivity index (χ2v) is 5.80. The summed E-state index contributed by atoms with van der Waals surface area (Å²) in [5.41, 5.74) is 1.24. The van der Waals surface area contributed by atoms with Crippen molar-refractivity contribution in [1.29, 1.82) is 0 Å². The fraction of sp³-hybridized carbons (Fsp3) is 0.412. The SMILES string of the molecule is Cc1cc(NC2CCCCC2)nc(Nc2ccccc2F)n1. The molecule has 0 aliphatic heterocycles. The number of aryl methyl sites for hydroxylation is 1. The van der Waals surface area contributed by atoms with Gasteiger partial charge in [0, 0.05) is 17.8 Å². The van der Waals surface area contributed by atoms with E-state index in [1.54, 1.807) is 18.2 Å². The zero-order chi connectivity index (χ0) is 15.4. The highest BCUT2D eigenvalue weighted by Crippen LogP contribution is 2.23. The van der Waals surface area contributed by atoms with Gasteiger partial charge < -0.3 is 10.6 Å². The molecule has 5 heteroatoms. The third kappa shape index (κ3) is 3.72. The van der Waals surface area contributed by atoms with E-state index in [1.165, 1.54) is 38.2 Å². The minimum Gasteiger partial charge on any atom is -0.367 e. The maximum atomic E-state index is 13.7. The maximum absolute atomic E-state index is 13.7. The number of aromatic nitrogens is 2. The van der Waals surface area contributed by atoms with Gasteiger partial charge >= 0.3 is 0 Å². The smallest absolute Gasteiger partial charge is 0.229 e. The van der Waals surface area contributed by atoms with E-state index in [4.69, 9.17) is 0 Å². The van der Waals surface area contributed by atoms with E-state index in [0.29, 0.717) is 17.7 Å². The Morgan fingerprint density at radius 1 is 1.09 bits per heavy atom. The van der Waals surface area contributed by atoms with Crippen LogP contribution in [-0.2, 0) is 0 Å². The van der Waals surface area contributed by atoms with Gasteiger partial charge in [0.25, 0.3) is 0 Å². The van der Waals surface area contributed by atoms with Crippen LogP contribution in [-0.4, -0.2) is 16.0 Å². The summed E-state index contributed by atoms with van der Waals surface area (Å²) in [5.74, 6) is 0.913. The summed E-state index contributed by atoms with van der Waals surface area (Å²) in [7, 11) is 0. The predicted molar refractivity (Wildman–Crippen MR) is 86.9 cm³/mol. The summed E-state index contributed by atoms with van der Waals surface area (Å²) in [5, 5.41) is 6.43. The van der Waals surface area contributed by atoms with E-state index in [1.807, 2.05) is 13.0 Å². The molecule has 0 bridgehead atoms. The van der Waals surface area contributed by atoms with E-state index in [9.17, 15) is 4.39 Å². The van der Waals surface area contributed by atoms with Crippen LogP contribution in [0.25, 0.3) is 0 Å². The molecular weight excluding hydrogens is 279 g/mol. The first-order valence-corrected chi connectivity index (χ1v) is 7.84. The molecule has 1 aliphatic rings. The van der Waals surface area contributed by atoms with Crippen molar-refractivity contribution in [2.24, 2.45) is 0 Å². The van der Waals surface area contributed by atoms with Crippen LogP contribution in [0.2, 0.25) is 0 Å². The Bertz CT molecular complexity index is 638. The van der Waals surface area contributed by atoms with Crippen LogP contribution in [0.1, 0.15) is 37.8 Å². The zero-order valence-corrected chi connectivity index (χ0v) is 12.8. The third-order valence-electron chi connectivity index (χ3n) is 3.93. The van der Waals surface area contributed by atoms with Crippen molar-refractivity contribution in [1.82, 2.24) is 9.97 Å². The van der Waals surface area contributed by atoms with Crippen LogP contribution in [0.4, 0.5) is 21.8 Å². The summed E-state index contributed by atoms with van der Waals surface area (Å²) < 4.78 is 13.7. The van der Waals surface area contributed by atoms with Gasteiger partial charge in [-0.1, -0.05) is 31.4 Å². The number of anilines is 3. The fourth-order valence-corrected chi connectivity index (χ4v) is 2.84. The minimum absolute atomic E-state index is 0.311. The highest BCUT2D eigenvalue weighted by atomic mass is 19.1.